The topological polar surface area (TPSA) is 75.6 Å². The highest BCUT2D eigenvalue weighted by molar-refractivity contribution is 7.88. The molecule has 1 saturated heterocycles. The van der Waals surface area contributed by atoms with E-state index in [0.717, 1.165) is 41.6 Å². The number of morpholine rings is 1. The van der Waals surface area contributed by atoms with Crippen molar-refractivity contribution >= 4 is 15.8 Å². The molecule has 0 saturated carbocycles. The summed E-state index contributed by atoms with van der Waals surface area (Å²) in [6.07, 6.45) is 1.24. The Kier molecular flexibility index (Phi) is 6.63. The second-order valence-electron chi connectivity index (χ2n) is 8.98. The van der Waals surface area contributed by atoms with Crippen molar-refractivity contribution < 1.29 is 13.2 Å². The molecule has 1 aromatic heterocycles. The molecule has 0 aliphatic carbocycles. The molecule has 2 aromatic carbocycles. The van der Waals surface area contributed by atoms with Crippen molar-refractivity contribution in [2.75, 3.05) is 37.7 Å². The highest BCUT2D eigenvalue weighted by Crippen LogP contribution is 2.30. The first-order valence-electron chi connectivity index (χ1n) is 11.8. The zero-order valence-corrected chi connectivity index (χ0v) is 20.3. The fraction of sp³-hybridized carbons (Fsp3) is 0.385. The molecule has 8 heteroatoms. The van der Waals surface area contributed by atoms with E-state index >= 15 is 0 Å². The standard InChI is InChI=1S/C26H30N4O3S/c1-20-6-5-9-22(16-20)17-25-27-24-10-11-30(34(31,32)19-21-7-3-2-4-8-21)18-23(24)26(28-25)29-12-14-33-15-13-29/h2-9,16H,10-15,17-19H2,1H3. The van der Waals surface area contributed by atoms with Crippen molar-refractivity contribution in [2.24, 2.45) is 0 Å². The maximum atomic E-state index is 13.2. The van der Waals surface area contributed by atoms with Crippen molar-refractivity contribution in [3.8, 4) is 0 Å². The minimum atomic E-state index is -3.46. The minimum Gasteiger partial charge on any atom is -0.378 e. The van der Waals surface area contributed by atoms with Gasteiger partial charge in [-0.05, 0) is 18.1 Å². The Morgan fingerprint density at radius 1 is 0.941 bits per heavy atom. The van der Waals surface area contributed by atoms with Crippen molar-refractivity contribution in [1.82, 2.24) is 14.3 Å². The fourth-order valence-corrected chi connectivity index (χ4v) is 6.15. The van der Waals surface area contributed by atoms with E-state index in [2.05, 4.69) is 36.1 Å². The summed E-state index contributed by atoms with van der Waals surface area (Å²) in [5.41, 5.74) is 5.08. The molecule has 2 aliphatic heterocycles. The van der Waals surface area contributed by atoms with Crippen LogP contribution in [0, 0.1) is 6.92 Å². The monoisotopic (exact) mass is 478 g/mol. The summed E-state index contributed by atoms with van der Waals surface area (Å²) in [6.45, 7) is 5.59. The van der Waals surface area contributed by atoms with Crippen LogP contribution in [0.2, 0.25) is 0 Å². The van der Waals surface area contributed by atoms with E-state index < -0.39 is 10.0 Å². The summed E-state index contributed by atoms with van der Waals surface area (Å²) in [7, 11) is -3.46. The van der Waals surface area contributed by atoms with Crippen molar-refractivity contribution in [3.63, 3.8) is 0 Å². The molecule has 0 unspecified atom stereocenters. The average molecular weight is 479 g/mol. The van der Waals surface area contributed by atoms with Gasteiger partial charge in [-0.25, -0.2) is 18.4 Å². The first kappa shape index (κ1) is 23.0. The Balaban J connectivity index is 1.46. The number of sulfonamides is 1. The SMILES string of the molecule is Cc1cccc(Cc2nc3c(c(N4CCOCC4)n2)CN(S(=O)(=O)Cc2ccccc2)CC3)c1. The van der Waals surface area contributed by atoms with Gasteiger partial charge in [0.2, 0.25) is 10.0 Å². The number of benzene rings is 2. The summed E-state index contributed by atoms with van der Waals surface area (Å²) in [4.78, 5) is 12.1. The van der Waals surface area contributed by atoms with E-state index in [-0.39, 0.29) is 5.75 Å². The predicted molar refractivity (Wildman–Crippen MR) is 132 cm³/mol. The quantitative estimate of drug-likeness (QED) is 0.542. The molecule has 0 spiro atoms. The first-order chi connectivity index (χ1) is 16.5. The number of hydrogen-bond donors (Lipinski definition) is 0. The molecule has 0 atom stereocenters. The summed E-state index contributed by atoms with van der Waals surface area (Å²) in [5.74, 6) is 1.64. The highest BCUT2D eigenvalue weighted by Gasteiger charge is 2.31. The smallest absolute Gasteiger partial charge is 0.218 e. The lowest BCUT2D eigenvalue weighted by Gasteiger charge is -2.34. The summed E-state index contributed by atoms with van der Waals surface area (Å²) < 4.78 is 33.6. The number of fused-ring (bicyclic) bond motifs is 1. The van der Waals surface area contributed by atoms with E-state index in [1.165, 1.54) is 11.1 Å². The molecular weight excluding hydrogens is 448 g/mol. The number of rotatable bonds is 6. The van der Waals surface area contributed by atoms with Gasteiger partial charge in [0, 0.05) is 44.6 Å². The van der Waals surface area contributed by atoms with Gasteiger partial charge < -0.3 is 9.64 Å². The van der Waals surface area contributed by atoms with Crippen LogP contribution in [0.3, 0.4) is 0 Å². The van der Waals surface area contributed by atoms with Gasteiger partial charge >= 0.3 is 0 Å². The van der Waals surface area contributed by atoms with Crippen LogP contribution >= 0.6 is 0 Å². The van der Waals surface area contributed by atoms with Crippen LogP contribution < -0.4 is 4.90 Å². The molecule has 0 N–H and O–H groups in total. The number of ether oxygens (including phenoxy) is 1. The molecule has 34 heavy (non-hydrogen) atoms. The lowest BCUT2D eigenvalue weighted by Crippen LogP contribution is -2.41. The Hall–Kier alpha value is -2.81. The maximum Gasteiger partial charge on any atom is 0.218 e. The van der Waals surface area contributed by atoms with E-state index in [1.807, 2.05) is 30.3 Å². The molecule has 7 nitrogen and oxygen atoms in total. The summed E-state index contributed by atoms with van der Waals surface area (Å²) >= 11 is 0. The van der Waals surface area contributed by atoms with Crippen LogP contribution in [-0.4, -0.2) is 55.5 Å². The van der Waals surface area contributed by atoms with Gasteiger partial charge in [0.1, 0.15) is 11.6 Å². The van der Waals surface area contributed by atoms with Crippen LogP contribution in [0.5, 0.6) is 0 Å². The van der Waals surface area contributed by atoms with E-state index in [1.54, 1.807) is 4.31 Å². The van der Waals surface area contributed by atoms with Gasteiger partial charge in [-0.3, -0.25) is 0 Å². The first-order valence-corrected chi connectivity index (χ1v) is 13.4. The summed E-state index contributed by atoms with van der Waals surface area (Å²) in [6, 6.07) is 17.8. The third kappa shape index (κ3) is 5.14. The van der Waals surface area contributed by atoms with Crippen LogP contribution in [0.4, 0.5) is 5.82 Å². The molecule has 2 aliphatic rings. The molecule has 178 valence electrons. The van der Waals surface area contributed by atoms with Gasteiger partial charge in [-0.15, -0.1) is 0 Å². The molecule has 0 radical (unpaired) electrons. The molecule has 5 rings (SSSR count). The zero-order chi connectivity index (χ0) is 23.5. The Morgan fingerprint density at radius 2 is 1.71 bits per heavy atom. The van der Waals surface area contributed by atoms with Crippen LogP contribution in [0.15, 0.2) is 54.6 Å². The third-order valence-corrected chi connectivity index (χ3v) is 8.19. The number of anilines is 1. The van der Waals surface area contributed by atoms with Crippen molar-refractivity contribution in [3.05, 3.63) is 88.4 Å². The van der Waals surface area contributed by atoms with Crippen molar-refractivity contribution in [1.29, 1.82) is 0 Å². The summed E-state index contributed by atoms with van der Waals surface area (Å²) in [5, 5.41) is 0. The second-order valence-corrected chi connectivity index (χ2v) is 10.9. The Morgan fingerprint density at radius 3 is 2.47 bits per heavy atom. The zero-order valence-electron chi connectivity index (χ0n) is 19.5. The van der Waals surface area contributed by atoms with Crippen LogP contribution in [0.1, 0.15) is 33.8 Å². The Labute approximate surface area is 201 Å². The van der Waals surface area contributed by atoms with Crippen LogP contribution in [-0.2, 0) is 39.9 Å². The normalized spacial score (nSPS) is 16.9. The minimum absolute atomic E-state index is 0.00234. The number of aromatic nitrogens is 2. The fourth-order valence-electron chi connectivity index (χ4n) is 4.66. The van der Waals surface area contributed by atoms with Gasteiger partial charge in [-0.1, -0.05) is 60.2 Å². The molecule has 0 bridgehead atoms. The Bertz CT molecular complexity index is 1260. The van der Waals surface area contributed by atoms with Gasteiger partial charge in [0.05, 0.1) is 24.7 Å². The molecule has 0 amide bonds. The highest BCUT2D eigenvalue weighted by atomic mass is 32.2. The van der Waals surface area contributed by atoms with E-state index in [4.69, 9.17) is 14.7 Å². The molecule has 3 heterocycles. The van der Waals surface area contributed by atoms with E-state index in [0.29, 0.717) is 39.1 Å². The number of hydrogen-bond acceptors (Lipinski definition) is 6. The average Bonchev–Trinajstić information content (AvgIpc) is 2.84. The molecule has 1 fully saturated rings. The maximum absolute atomic E-state index is 13.2. The number of nitrogens with zero attached hydrogens (tertiary/aromatic N) is 4. The lowest BCUT2D eigenvalue weighted by atomic mass is 10.1. The molecular formula is C26H30N4O3S. The molecule has 3 aromatic rings. The largest absolute Gasteiger partial charge is 0.378 e. The van der Waals surface area contributed by atoms with Gasteiger partial charge in [-0.2, -0.15) is 4.31 Å². The second kappa shape index (κ2) is 9.82. The lowest BCUT2D eigenvalue weighted by molar-refractivity contribution is 0.122. The van der Waals surface area contributed by atoms with Crippen molar-refractivity contribution in [2.45, 2.75) is 32.1 Å². The van der Waals surface area contributed by atoms with Crippen LogP contribution in [0.25, 0.3) is 0 Å². The number of aryl methyl sites for hydroxylation is 1. The predicted octanol–water partition coefficient (Wildman–Crippen LogP) is 3.10. The van der Waals surface area contributed by atoms with Gasteiger partial charge in [0.15, 0.2) is 0 Å². The third-order valence-electron chi connectivity index (χ3n) is 6.39. The van der Waals surface area contributed by atoms with Gasteiger partial charge in [0.25, 0.3) is 0 Å². The van der Waals surface area contributed by atoms with E-state index in [9.17, 15) is 8.42 Å².